The summed E-state index contributed by atoms with van der Waals surface area (Å²) >= 11 is 0. The fourth-order valence-corrected chi connectivity index (χ4v) is 4.76. The van der Waals surface area contributed by atoms with E-state index in [2.05, 4.69) is 38.2 Å². The fourth-order valence-electron chi connectivity index (χ4n) is 4.76. The van der Waals surface area contributed by atoms with Crippen molar-refractivity contribution in [3.05, 3.63) is 89.9 Å². The smallest absolute Gasteiger partial charge is 0.173 e. The predicted molar refractivity (Wildman–Crippen MR) is 132 cm³/mol. The third kappa shape index (κ3) is 4.26. The molecule has 0 bridgehead atoms. The Labute approximate surface area is 199 Å². The standard InChI is InChI=1S/C27H27N7/c1-2-6-23(7-3-1)34-19-22(26(32-34)20-9-13-28-14-10-20)18-33-15-11-24-21(17-33)16-30-27(31-24)25-8-4-5-12-29-25/h1-3,6-7,9-10,13-14,16,19H,4-5,8,11-12,15,17-18H2. The van der Waals surface area contributed by atoms with Gasteiger partial charge in [-0.1, -0.05) is 18.2 Å². The highest BCUT2D eigenvalue weighted by Gasteiger charge is 2.22. The van der Waals surface area contributed by atoms with Gasteiger partial charge >= 0.3 is 0 Å². The molecule has 2 aliphatic rings. The van der Waals surface area contributed by atoms with Crippen molar-refractivity contribution in [1.29, 1.82) is 0 Å². The third-order valence-corrected chi connectivity index (χ3v) is 6.55. The first-order chi connectivity index (χ1) is 16.8. The number of para-hydroxylation sites is 1. The molecule has 7 nitrogen and oxygen atoms in total. The fraction of sp³-hybridized carbons (Fsp3) is 0.296. The van der Waals surface area contributed by atoms with Crippen molar-refractivity contribution in [2.24, 2.45) is 4.99 Å². The van der Waals surface area contributed by atoms with Gasteiger partial charge in [-0.25, -0.2) is 14.6 Å². The minimum atomic E-state index is 0.818. The van der Waals surface area contributed by atoms with E-state index in [-0.39, 0.29) is 0 Å². The Morgan fingerprint density at radius 2 is 1.82 bits per heavy atom. The van der Waals surface area contributed by atoms with Crippen LogP contribution in [0.15, 0.2) is 72.2 Å². The van der Waals surface area contributed by atoms with Gasteiger partial charge in [0, 0.05) is 74.1 Å². The van der Waals surface area contributed by atoms with Gasteiger partial charge in [-0.05, 0) is 43.5 Å². The van der Waals surface area contributed by atoms with Crippen LogP contribution >= 0.6 is 0 Å². The summed E-state index contributed by atoms with van der Waals surface area (Å²) in [6.07, 6.45) is 12.1. The van der Waals surface area contributed by atoms with Gasteiger partial charge in [0.1, 0.15) is 0 Å². The van der Waals surface area contributed by atoms with Gasteiger partial charge < -0.3 is 0 Å². The molecule has 0 atom stereocenters. The van der Waals surface area contributed by atoms with E-state index < -0.39 is 0 Å². The summed E-state index contributed by atoms with van der Waals surface area (Å²) in [5.74, 6) is 0.830. The Balaban J connectivity index is 1.26. The largest absolute Gasteiger partial charge is 0.294 e. The SMILES string of the molecule is c1ccc(-n2cc(CN3CCc4nc(C5=NCCCC5)ncc4C3)c(-c3ccncc3)n2)cc1. The molecule has 0 aliphatic carbocycles. The number of aliphatic imine (C=N–C) groups is 1. The van der Waals surface area contributed by atoms with E-state index >= 15 is 0 Å². The molecule has 4 aromatic rings. The second kappa shape index (κ2) is 9.27. The number of pyridine rings is 1. The average molecular weight is 450 g/mol. The van der Waals surface area contributed by atoms with Crippen LogP contribution in [0.25, 0.3) is 16.9 Å². The van der Waals surface area contributed by atoms with Crippen molar-refractivity contribution in [2.45, 2.75) is 38.8 Å². The van der Waals surface area contributed by atoms with Gasteiger partial charge in [0.25, 0.3) is 0 Å². The molecule has 1 aromatic carbocycles. The van der Waals surface area contributed by atoms with Crippen molar-refractivity contribution in [3.63, 3.8) is 0 Å². The van der Waals surface area contributed by atoms with Crippen molar-refractivity contribution >= 4 is 5.71 Å². The maximum atomic E-state index is 4.95. The molecular formula is C27H27N7. The van der Waals surface area contributed by atoms with E-state index in [1.807, 2.05) is 53.6 Å². The second-order valence-corrected chi connectivity index (χ2v) is 8.93. The molecule has 0 fully saturated rings. The highest BCUT2D eigenvalue weighted by Crippen LogP contribution is 2.27. The molecule has 2 aliphatic heterocycles. The van der Waals surface area contributed by atoms with Crippen LogP contribution in [0.2, 0.25) is 0 Å². The number of rotatable bonds is 5. The van der Waals surface area contributed by atoms with Gasteiger partial charge in [-0.3, -0.25) is 14.9 Å². The lowest BCUT2D eigenvalue weighted by molar-refractivity contribution is 0.243. The van der Waals surface area contributed by atoms with E-state index in [0.29, 0.717) is 0 Å². The van der Waals surface area contributed by atoms with Crippen LogP contribution in [0.4, 0.5) is 0 Å². The first-order valence-electron chi connectivity index (χ1n) is 12.0. The quantitative estimate of drug-likeness (QED) is 0.455. The molecule has 3 aromatic heterocycles. The van der Waals surface area contributed by atoms with E-state index in [9.17, 15) is 0 Å². The van der Waals surface area contributed by atoms with Crippen LogP contribution in [-0.4, -0.2) is 48.4 Å². The second-order valence-electron chi connectivity index (χ2n) is 8.93. The molecule has 0 saturated carbocycles. The van der Waals surface area contributed by atoms with E-state index in [1.165, 1.54) is 29.7 Å². The maximum absolute atomic E-state index is 4.95. The minimum absolute atomic E-state index is 0.818. The Kier molecular flexibility index (Phi) is 5.69. The zero-order valence-electron chi connectivity index (χ0n) is 19.1. The molecule has 0 unspecified atom stereocenters. The Bertz CT molecular complexity index is 1310. The molecular weight excluding hydrogens is 422 g/mol. The summed E-state index contributed by atoms with van der Waals surface area (Å²) < 4.78 is 1.98. The van der Waals surface area contributed by atoms with Crippen LogP contribution in [0.1, 0.15) is 41.9 Å². The lowest BCUT2D eigenvalue weighted by Gasteiger charge is -2.28. The predicted octanol–water partition coefficient (Wildman–Crippen LogP) is 4.26. The summed E-state index contributed by atoms with van der Waals surface area (Å²) in [5.41, 5.74) is 7.80. The number of fused-ring (bicyclic) bond motifs is 1. The summed E-state index contributed by atoms with van der Waals surface area (Å²) in [6, 6.07) is 14.3. The summed E-state index contributed by atoms with van der Waals surface area (Å²) in [6.45, 7) is 3.52. The number of hydrogen-bond donors (Lipinski definition) is 0. The van der Waals surface area contributed by atoms with E-state index in [4.69, 9.17) is 10.1 Å². The molecule has 0 radical (unpaired) electrons. The zero-order valence-corrected chi connectivity index (χ0v) is 19.1. The molecule has 5 heterocycles. The summed E-state index contributed by atoms with van der Waals surface area (Å²) in [7, 11) is 0. The summed E-state index contributed by atoms with van der Waals surface area (Å²) in [4.78, 5) is 20.9. The number of nitrogens with zero attached hydrogens (tertiary/aromatic N) is 7. The van der Waals surface area contributed by atoms with Crippen LogP contribution in [0.3, 0.4) is 0 Å². The Hall–Kier alpha value is -3.71. The molecule has 0 spiro atoms. The number of hydrogen-bond acceptors (Lipinski definition) is 6. The summed E-state index contributed by atoms with van der Waals surface area (Å²) in [5, 5.41) is 4.95. The Morgan fingerprint density at radius 1 is 0.941 bits per heavy atom. The van der Waals surface area contributed by atoms with Crippen LogP contribution in [0, 0.1) is 0 Å². The first-order valence-corrected chi connectivity index (χ1v) is 12.0. The molecule has 170 valence electrons. The lowest BCUT2D eigenvalue weighted by atomic mass is 10.0. The van der Waals surface area contributed by atoms with E-state index in [0.717, 1.165) is 67.5 Å². The highest BCUT2D eigenvalue weighted by atomic mass is 15.3. The van der Waals surface area contributed by atoms with Gasteiger partial charge in [-0.15, -0.1) is 0 Å². The molecule has 7 heteroatoms. The highest BCUT2D eigenvalue weighted by molar-refractivity contribution is 5.97. The van der Waals surface area contributed by atoms with Gasteiger partial charge in [-0.2, -0.15) is 5.10 Å². The monoisotopic (exact) mass is 449 g/mol. The first kappa shape index (κ1) is 20.9. The van der Waals surface area contributed by atoms with Crippen molar-refractivity contribution in [1.82, 2.24) is 29.6 Å². The van der Waals surface area contributed by atoms with E-state index in [1.54, 1.807) is 0 Å². The van der Waals surface area contributed by atoms with Crippen molar-refractivity contribution < 1.29 is 0 Å². The normalized spacial score (nSPS) is 16.2. The molecule has 0 saturated heterocycles. The number of benzene rings is 1. The Morgan fingerprint density at radius 3 is 2.65 bits per heavy atom. The van der Waals surface area contributed by atoms with Crippen LogP contribution < -0.4 is 0 Å². The van der Waals surface area contributed by atoms with Crippen molar-refractivity contribution in [2.75, 3.05) is 13.1 Å². The van der Waals surface area contributed by atoms with Gasteiger partial charge in [0.15, 0.2) is 5.82 Å². The molecule has 34 heavy (non-hydrogen) atoms. The topological polar surface area (TPSA) is 72.1 Å². The van der Waals surface area contributed by atoms with Gasteiger partial charge in [0.05, 0.1) is 22.8 Å². The minimum Gasteiger partial charge on any atom is -0.294 e. The maximum Gasteiger partial charge on any atom is 0.173 e. The average Bonchev–Trinajstić information content (AvgIpc) is 3.33. The van der Waals surface area contributed by atoms with Crippen LogP contribution in [0.5, 0.6) is 0 Å². The number of aromatic nitrogens is 5. The molecule has 0 amide bonds. The molecule has 6 rings (SSSR count). The lowest BCUT2D eigenvalue weighted by Crippen LogP contribution is -2.31. The zero-order chi connectivity index (χ0) is 22.7. The molecule has 0 N–H and O–H groups in total. The van der Waals surface area contributed by atoms with Gasteiger partial charge in [0.2, 0.25) is 0 Å². The van der Waals surface area contributed by atoms with Crippen LogP contribution in [-0.2, 0) is 19.5 Å². The third-order valence-electron chi connectivity index (χ3n) is 6.55. The van der Waals surface area contributed by atoms with Crippen molar-refractivity contribution in [3.8, 4) is 16.9 Å².